The van der Waals surface area contributed by atoms with Crippen LogP contribution in [-0.4, -0.2) is 0 Å². The summed E-state index contributed by atoms with van der Waals surface area (Å²) in [7, 11) is 0. The summed E-state index contributed by atoms with van der Waals surface area (Å²) in [6, 6.07) is 0. The molecule has 2 heteroatoms. The van der Waals surface area contributed by atoms with Crippen LogP contribution in [0.5, 0.6) is 0 Å². The fraction of sp³-hybridized carbons (Fsp3) is 0.571. The average molecular weight is 239 g/mol. The second-order valence-corrected chi connectivity index (χ2v) is 5.05. The molecule has 1 N–H and O–H groups in total. The maximum Gasteiger partial charge on any atom is 0.0211 e. The van der Waals surface area contributed by atoms with Gasteiger partial charge in [-0.1, -0.05) is 45.1 Å². The molecule has 0 aromatic carbocycles. The van der Waals surface area contributed by atoms with Crippen molar-refractivity contribution in [3.05, 3.63) is 34.9 Å². The largest absolute Gasteiger partial charge is 0.330 e. The Morgan fingerprint density at radius 3 is 2.31 bits per heavy atom. The zero-order valence-electron chi connectivity index (χ0n) is 11.3. The van der Waals surface area contributed by atoms with Crippen molar-refractivity contribution in [3.63, 3.8) is 0 Å². The molecule has 0 saturated heterocycles. The van der Waals surface area contributed by atoms with Crippen LogP contribution in [0, 0.1) is 5.92 Å². The normalized spacial score (nSPS) is 13.1. The Morgan fingerprint density at radius 1 is 1.31 bits per heavy atom. The van der Waals surface area contributed by atoms with E-state index < -0.39 is 0 Å². The predicted molar refractivity (Wildman–Crippen MR) is 77.1 cm³/mol. The van der Waals surface area contributed by atoms with Crippen LogP contribution in [-0.2, 0) is 0 Å². The number of allylic oxidation sites excluding steroid dienone is 4. The van der Waals surface area contributed by atoms with Crippen molar-refractivity contribution in [2.75, 3.05) is 0 Å². The highest BCUT2D eigenvalue weighted by Crippen LogP contribution is 2.21. The monoisotopic (exact) mass is 239 g/mol. The molecule has 0 radical (unpaired) electrons. The highest BCUT2D eigenvalue weighted by atomic mass is 32.2. The molecular weight excluding hydrogens is 214 g/mol. The van der Waals surface area contributed by atoms with E-state index in [1.807, 2.05) is 0 Å². The smallest absolute Gasteiger partial charge is 0.0211 e. The van der Waals surface area contributed by atoms with Crippen LogP contribution in [0.3, 0.4) is 0 Å². The zero-order valence-corrected chi connectivity index (χ0v) is 12.1. The zero-order chi connectivity index (χ0) is 12.6. The van der Waals surface area contributed by atoms with Gasteiger partial charge in [0.25, 0.3) is 0 Å². The van der Waals surface area contributed by atoms with Crippen molar-refractivity contribution >= 4 is 11.9 Å². The van der Waals surface area contributed by atoms with Crippen LogP contribution >= 0.6 is 11.9 Å². The van der Waals surface area contributed by atoms with Gasteiger partial charge in [0.05, 0.1) is 0 Å². The first-order valence-corrected chi connectivity index (χ1v) is 6.77. The highest BCUT2D eigenvalue weighted by Gasteiger charge is 2.04. The number of hydrogen-bond acceptors (Lipinski definition) is 2. The van der Waals surface area contributed by atoms with Gasteiger partial charge >= 0.3 is 0 Å². The summed E-state index contributed by atoms with van der Waals surface area (Å²) < 4.78 is 3.41. The van der Waals surface area contributed by atoms with E-state index in [4.69, 9.17) is 0 Å². The Hall–Kier alpha value is -0.630. The van der Waals surface area contributed by atoms with Crippen LogP contribution in [0.25, 0.3) is 0 Å². The molecular formula is C14H25NS. The third-order valence-electron chi connectivity index (χ3n) is 2.57. The summed E-state index contributed by atoms with van der Waals surface area (Å²) in [5, 5.41) is 0. The molecule has 0 saturated carbocycles. The second-order valence-electron chi connectivity index (χ2n) is 4.12. The van der Waals surface area contributed by atoms with E-state index >= 15 is 0 Å². The first kappa shape index (κ1) is 15.4. The standard InChI is InChI=1S/C14H25NS/c1-7-13(10-12(6)11(4)5)15-16-14(8-2)9-3/h7-8,11,15H,6,9-10H2,1-5H3/b13-7+,14-8+. The maximum atomic E-state index is 4.10. The lowest BCUT2D eigenvalue weighted by Crippen LogP contribution is -2.06. The van der Waals surface area contributed by atoms with Gasteiger partial charge in [-0.2, -0.15) is 0 Å². The molecule has 0 aromatic heterocycles. The van der Waals surface area contributed by atoms with Crippen LogP contribution in [0.1, 0.15) is 47.5 Å². The van der Waals surface area contributed by atoms with E-state index in [2.05, 4.69) is 58.1 Å². The van der Waals surface area contributed by atoms with E-state index in [0.717, 1.165) is 12.8 Å². The van der Waals surface area contributed by atoms with E-state index in [9.17, 15) is 0 Å². The van der Waals surface area contributed by atoms with Gasteiger partial charge in [0.2, 0.25) is 0 Å². The Morgan fingerprint density at radius 2 is 1.94 bits per heavy atom. The van der Waals surface area contributed by atoms with Gasteiger partial charge in [-0.3, -0.25) is 0 Å². The number of rotatable bonds is 7. The van der Waals surface area contributed by atoms with Gasteiger partial charge in [0.15, 0.2) is 0 Å². The van der Waals surface area contributed by atoms with Crippen molar-refractivity contribution in [2.45, 2.75) is 47.5 Å². The second kappa shape index (κ2) is 8.51. The summed E-state index contributed by atoms with van der Waals surface area (Å²) in [6.45, 7) is 14.8. The number of hydrogen-bond donors (Lipinski definition) is 1. The maximum absolute atomic E-state index is 4.10. The molecule has 0 amide bonds. The molecule has 16 heavy (non-hydrogen) atoms. The third-order valence-corrected chi connectivity index (χ3v) is 3.72. The molecule has 0 atom stereocenters. The molecule has 0 aliphatic rings. The van der Waals surface area contributed by atoms with Crippen LogP contribution < -0.4 is 4.72 Å². The van der Waals surface area contributed by atoms with E-state index in [1.54, 1.807) is 11.9 Å². The summed E-state index contributed by atoms with van der Waals surface area (Å²) in [4.78, 5) is 1.37. The molecule has 0 spiro atoms. The van der Waals surface area contributed by atoms with E-state index in [0.29, 0.717) is 5.92 Å². The van der Waals surface area contributed by atoms with Crippen LogP contribution in [0.4, 0.5) is 0 Å². The molecule has 0 aliphatic carbocycles. The van der Waals surface area contributed by atoms with Crippen molar-refractivity contribution in [2.24, 2.45) is 5.92 Å². The quantitative estimate of drug-likeness (QED) is 0.493. The van der Waals surface area contributed by atoms with E-state index in [1.165, 1.54) is 16.2 Å². The fourth-order valence-electron chi connectivity index (χ4n) is 1.11. The van der Waals surface area contributed by atoms with Crippen molar-refractivity contribution < 1.29 is 0 Å². The minimum absolute atomic E-state index is 0.550. The molecule has 0 unspecified atom stereocenters. The van der Waals surface area contributed by atoms with E-state index in [-0.39, 0.29) is 0 Å². The van der Waals surface area contributed by atoms with Gasteiger partial charge in [0, 0.05) is 17.0 Å². The predicted octanol–water partition coefficient (Wildman–Crippen LogP) is 5.04. The van der Waals surface area contributed by atoms with Gasteiger partial charge in [-0.15, -0.1) is 0 Å². The summed E-state index contributed by atoms with van der Waals surface area (Å²) in [5.74, 6) is 0.550. The fourth-order valence-corrected chi connectivity index (χ4v) is 1.83. The summed E-state index contributed by atoms with van der Waals surface area (Å²) in [6.07, 6.45) is 6.31. The van der Waals surface area contributed by atoms with Gasteiger partial charge in [-0.25, -0.2) is 0 Å². The van der Waals surface area contributed by atoms with Crippen molar-refractivity contribution in [1.29, 1.82) is 0 Å². The Balaban J connectivity index is 4.19. The lowest BCUT2D eigenvalue weighted by molar-refractivity contribution is 0.736. The van der Waals surface area contributed by atoms with Crippen LogP contribution in [0.2, 0.25) is 0 Å². The Labute approximate surface area is 105 Å². The Bertz CT molecular complexity index is 274. The van der Waals surface area contributed by atoms with Gasteiger partial charge < -0.3 is 4.72 Å². The van der Waals surface area contributed by atoms with Gasteiger partial charge in [-0.05, 0) is 38.1 Å². The molecule has 0 bridgehead atoms. The number of nitrogens with one attached hydrogen (secondary N) is 1. The minimum atomic E-state index is 0.550. The molecule has 0 aliphatic heterocycles. The van der Waals surface area contributed by atoms with Crippen molar-refractivity contribution in [1.82, 2.24) is 4.72 Å². The van der Waals surface area contributed by atoms with Crippen molar-refractivity contribution in [3.8, 4) is 0 Å². The molecule has 1 nitrogen and oxygen atoms in total. The first-order chi connectivity index (χ1) is 7.54. The summed E-state index contributed by atoms with van der Waals surface area (Å²) in [5.41, 5.74) is 2.52. The molecule has 0 fully saturated rings. The molecule has 0 rings (SSSR count). The summed E-state index contributed by atoms with van der Waals surface area (Å²) >= 11 is 1.71. The lowest BCUT2D eigenvalue weighted by Gasteiger charge is -2.14. The minimum Gasteiger partial charge on any atom is -0.330 e. The SMILES string of the molecule is C=C(C/C(=C\C)NS/C(=C/C)CC)C(C)C. The molecule has 92 valence electrons. The Kier molecular flexibility index (Phi) is 8.18. The average Bonchev–Trinajstić information content (AvgIpc) is 2.28. The highest BCUT2D eigenvalue weighted by molar-refractivity contribution is 8.01. The molecule has 0 aromatic rings. The van der Waals surface area contributed by atoms with Crippen LogP contribution in [0.15, 0.2) is 34.9 Å². The van der Waals surface area contributed by atoms with Gasteiger partial charge in [0.1, 0.15) is 0 Å². The topological polar surface area (TPSA) is 12.0 Å². The first-order valence-electron chi connectivity index (χ1n) is 5.95. The molecule has 0 heterocycles. The lowest BCUT2D eigenvalue weighted by atomic mass is 10.0. The third kappa shape index (κ3) is 6.06.